The molecule has 0 saturated heterocycles. The van der Waals surface area contributed by atoms with Crippen LogP contribution >= 0.6 is 0 Å². The standard InChI is InChI=1S/C28H28N2O7/c1-19(37-27(34)22-15-9-4-10-16-22)24(26(32)33)30-25(31)23(17-20-11-5-2-6-12-20)29-28(35)36-18-21-13-7-3-8-14-21/h2-16,19,23-24H,17-18H2,1H3,(H,29,35)(H,30,31)(H,32,33). The fourth-order valence-corrected chi connectivity index (χ4v) is 3.48. The largest absolute Gasteiger partial charge is 0.480 e. The summed E-state index contributed by atoms with van der Waals surface area (Å²) in [6, 6.07) is 23.3. The molecule has 3 unspecified atom stereocenters. The number of carboxylic acids is 1. The first kappa shape index (κ1) is 26.9. The third-order valence-corrected chi connectivity index (χ3v) is 5.44. The summed E-state index contributed by atoms with van der Waals surface area (Å²) in [5.41, 5.74) is 1.75. The Hall–Kier alpha value is -4.66. The van der Waals surface area contributed by atoms with Crippen molar-refractivity contribution in [3.8, 4) is 0 Å². The fraction of sp³-hybridized carbons (Fsp3) is 0.214. The summed E-state index contributed by atoms with van der Waals surface area (Å²) in [5.74, 6) is -2.89. The van der Waals surface area contributed by atoms with Crippen LogP contribution in [0.2, 0.25) is 0 Å². The second-order valence-electron chi connectivity index (χ2n) is 8.25. The van der Waals surface area contributed by atoms with Crippen molar-refractivity contribution in [3.05, 3.63) is 108 Å². The molecule has 0 aromatic heterocycles. The number of esters is 1. The SMILES string of the molecule is CC(OC(=O)c1ccccc1)C(NC(=O)C(Cc1ccccc1)NC(=O)OCc1ccccc1)C(=O)O. The average Bonchev–Trinajstić information content (AvgIpc) is 2.91. The van der Waals surface area contributed by atoms with Crippen molar-refractivity contribution in [2.45, 2.75) is 38.1 Å². The van der Waals surface area contributed by atoms with Gasteiger partial charge in [-0.15, -0.1) is 0 Å². The van der Waals surface area contributed by atoms with Crippen molar-refractivity contribution >= 4 is 23.9 Å². The Kier molecular flexibility index (Phi) is 9.78. The van der Waals surface area contributed by atoms with Crippen LogP contribution in [0.3, 0.4) is 0 Å². The van der Waals surface area contributed by atoms with E-state index in [1.54, 1.807) is 66.7 Å². The summed E-state index contributed by atoms with van der Waals surface area (Å²) in [6.45, 7) is 1.37. The van der Waals surface area contributed by atoms with E-state index in [0.717, 1.165) is 11.1 Å². The van der Waals surface area contributed by atoms with E-state index in [2.05, 4.69) is 10.6 Å². The smallest absolute Gasteiger partial charge is 0.408 e. The molecule has 3 aromatic rings. The third kappa shape index (κ3) is 8.50. The van der Waals surface area contributed by atoms with E-state index in [0.29, 0.717) is 0 Å². The topological polar surface area (TPSA) is 131 Å². The molecule has 0 aliphatic carbocycles. The number of carbonyl (C=O) groups is 4. The van der Waals surface area contributed by atoms with Gasteiger partial charge in [0.25, 0.3) is 0 Å². The van der Waals surface area contributed by atoms with E-state index in [1.165, 1.54) is 19.1 Å². The minimum atomic E-state index is -1.56. The molecule has 0 aliphatic rings. The maximum Gasteiger partial charge on any atom is 0.408 e. The van der Waals surface area contributed by atoms with Crippen molar-refractivity contribution in [2.24, 2.45) is 0 Å². The first-order valence-electron chi connectivity index (χ1n) is 11.6. The molecule has 0 heterocycles. The van der Waals surface area contributed by atoms with Gasteiger partial charge in [0.2, 0.25) is 5.91 Å². The zero-order valence-corrected chi connectivity index (χ0v) is 20.2. The van der Waals surface area contributed by atoms with Gasteiger partial charge in [0.15, 0.2) is 6.04 Å². The number of carboxylic acid groups (broad SMARTS) is 1. The summed E-state index contributed by atoms with van der Waals surface area (Å²) in [4.78, 5) is 49.9. The first-order chi connectivity index (χ1) is 17.8. The molecule has 0 fully saturated rings. The number of ether oxygens (including phenoxy) is 2. The molecule has 0 bridgehead atoms. The van der Waals surface area contributed by atoms with Crippen molar-refractivity contribution in [2.75, 3.05) is 0 Å². The Morgan fingerprint density at radius 2 is 1.32 bits per heavy atom. The lowest BCUT2D eigenvalue weighted by molar-refractivity contribution is -0.145. The van der Waals surface area contributed by atoms with Crippen LogP contribution in [0.15, 0.2) is 91.0 Å². The number of hydrogen-bond donors (Lipinski definition) is 3. The summed E-state index contributed by atoms with van der Waals surface area (Å²) in [5, 5.41) is 14.6. The van der Waals surface area contributed by atoms with Crippen LogP contribution in [-0.4, -0.2) is 47.2 Å². The van der Waals surface area contributed by atoms with Crippen LogP contribution in [0.4, 0.5) is 4.79 Å². The number of amides is 2. The molecule has 192 valence electrons. The quantitative estimate of drug-likeness (QED) is 0.341. The number of nitrogens with one attached hydrogen (secondary N) is 2. The summed E-state index contributed by atoms with van der Waals surface area (Å²) in [7, 11) is 0. The number of hydrogen-bond acceptors (Lipinski definition) is 6. The average molecular weight is 505 g/mol. The van der Waals surface area contributed by atoms with Gasteiger partial charge in [-0.25, -0.2) is 14.4 Å². The lowest BCUT2D eigenvalue weighted by Crippen LogP contribution is -2.56. The van der Waals surface area contributed by atoms with Crippen LogP contribution in [0.25, 0.3) is 0 Å². The van der Waals surface area contributed by atoms with Gasteiger partial charge in [-0.1, -0.05) is 78.9 Å². The molecule has 0 radical (unpaired) electrons. The Morgan fingerprint density at radius 1 is 0.784 bits per heavy atom. The molecule has 9 nitrogen and oxygen atoms in total. The molecular weight excluding hydrogens is 476 g/mol. The monoisotopic (exact) mass is 504 g/mol. The molecule has 3 aromatic carbocycles. The van der Waals surface area contributed by atoms with Crippen molar-refractivity contribution < 1.29 is 33.8 Å². The van der Waals surface area contributed by atoms with Gasteiger partial charge in [-0.3, -0.25) is 4.79 Å². The van der Waals surface area contributed by atoms with Crippen LogP contribution < -0.4 is 10.6 Å². The Balaban J connectivity index is 1.68. The highest BCUT2D eigenvalue weighted by atomic mass is 16.6. The van der Waals surface area contributed by atoms with E-state index in [-0.39, 0.29) is 18.6 Å². The van der Waals surface area contributed by atoms with Crippen LogP contribution in [0.1, 0.15) is 28.4 Å². The normalized spacial score (nSPS) is 12.9. The molecule has 2 amide bonds. The molecule has 0 spiro atoms. The van der Waals surface area contributed by atoms with E-state index < -0.39 is 42.1 Å². The number of alkyl carbamates (subject to hydrolysis) is 1. The maximum absolute atomic E-state index is 13.1. The number of carbonyl (C=O) groups excluding carboxylic acids is 3. The summed E-state index contributed by atoms with van der Waals surface area (Å²) >= 11 is 0. The van der Waals surface area contributed by atoms with Gasteiger partial charge in [-0.05, 0) is 30.2 Å². The number of aliphatic carboxylic acids is 1. The molecule has 9 heteroatoms. The number of rotatable bonds is 11. The summed E-state index contributed by atoms with van der Waals surface area (Å²) < 4.78 is 10.5. The Bertz CT molecular complexity index is 1190. The van der Waals surface area contributed by atoms with Crippen molar-refractivity contribution in [1.29, 1.82) is 0 Å². The van der Waals surface area contributed by atoms with Gasteiger partial charge in [0, 0.05) is 6.42 Å². The Labute approximate surface area is 214 Å². The predicted molar refractivity (Wildman–Crippen MR) is 135 cm³/mol. The van der Waals surface area contributed by atoms with Gasteiger partial charge in [-0.2, -0.15) is 0 Å². The third-order valence-electron chi connectivity index (χ3n) is 5.44. The number of benzene rings is 3. The lowest BCUT2D eigenvalue weighted by Gasteiger charge is -2.25. The minimum absolute atomic E-state index is 0.00340. The highest BCUT2D eigenvalue weighted by Crippen LogP contribution is 2.10. The van der Waals surface area contributed by atoms with Gasteiger partial charge >= 0.3 is 18.0 Å². The van der Waals surface area contributed by atoms with Crippen LogP contribution in [0, 0.1) is 0 Å². The van der Waals surface area contributed by atoms with E-state index in [9.17, 15) is 24.3 Å². The maximum atomic E-state index is 13.1. The van der Waals surface area contributed by atoms with E-state index in [4.69, 9.17) is 9.47 Å². The van der Waals surface area contributed by atoms with Gasteiger partial charge in [0.1, 0.15) is 18.8 Å². The van der Waals surface area contributed by atoms with Crippen LogP contribution in [0.5, 0.6) is 0 Å². The Morgan fingerprint density at radius 3 is 1.89 bits per heavy atom. The van der Waals surface area contributed by atoms with Gasteiger partial charge in [0.05, 0.1) is 5.56 Å². The zero-order valence-electron chi connectivity index (χ0n) is 20.2. The van der Waals surface area contributed by atoms with Crippen molar-refractivity contribution in [1.82, 2.24) is 10.6 Å². The van der Waals surface area contributed by atoms with Gasteiger partial charge < -0.3 is 25.2 Å². The lowest BCUT2D eigenvalue weighted by atomic mass is 10.0. The zero-order chi connectivity index (χ0) is 26.6. The molecule has 3 atom stereocenters. The molecule has 37 heavy (non-hydrogen) atoms. The molecule has 0 saturated carbocycles. The van der Waals surface area contributed by atoms with Crippen molar-refractivity contribution in [3.63, 3.8) is 0 Å². The molecule has 0 aliphatic heterocycles. The van der Waals surface area contributed by atoms with E-state index >= 15 is 0 Å². The molecule has 3 N–H and O–H groups in total. The molecule has 3 rings (SSSR count). The summed E-state index contributed by atoms with van der Waals surface area (Å²) in [6.07, 6.45) is -1.95. The second kappa shape index (κ2) is 13.4. The fourth-order valence-electron chi connectivity index (χ4n) is 3.48. The highest BCUT2D eigenvalue weighted by molar-refractivity contribution is 5.91. The van der Waals surface area contributed by atoms with E-state index in [1.807, 2.05) is 12.1 Å². The molecular formula is C28H28N2O7. The predicted octanol–water partition coefficient (Wildman–Crippen LogP) is 3.34. The second-order valence-corrected chi connectivity index (χ2v) is 8.25. The minimum Gasteiger partial charge on any atom is -0.480 e. The first-order valence-corrected chi connectivity index (χ1v) is 11.6. The van der Waals surface area contributed by atoms with Crippen LogP contribution in [-0.2, 0) is 32.1 Å². The highest BCUT2D eigenvalue weighted by Gasteiger charge is 2.33.